The van der Waals surface area contributed by atoms with Crippen LogP contribution in [0, 0.1) is 23.3 Å². The molecule has 18 heavy (non-hydrogen) atoms. The van der Waals surface area contributed by atoms with E-state index in [0.29, 0.717) is 0 Å². The summed E-state index contributed by atoms with van der Waals surface area (Å²) in [6, 6.07) is 0.135. The number of aromatic nitrogens is 4. The van der Waals surface area contributed by atoms with Gasteiger partial charge in [-0.1, -0.05) is 0 Å². The molecule has 0 unspecified atom stereocenters. The molecule has 2 rings (SSSR count). The Morgan fingerprint density at radius 2 is 1.78 bits per heavy atom. The van der Waals surface area contributed by atoms with E-state index in [1.165, 1.54) is 7.05 Å². The smallest absolute Gasteiger partial charge is 0.193 e. The van der Waals surface area contributed by atoms with Crippen molar-refractivity contribution in [3.05, 3.63) is 35.2 Å². The van der Waals surface area contributed by atoms with Crippen LogP contribution in [-0.4, -0.2) is 20.2 Å². The van der Waals surface area contributed by atoms with Crippen molar-refractivity contribution in [3.8, 4) is 0 Å². The molecule has 1 aromatic heterocycles. The molecule has 0 aliphatic heterocycles. The molecule has 96 valence electrons. The van der Waals surface area contributed by atoms with Crippen molar-refractivity contribution in [2.45, 2.75) is 6.54 Å². The second kappa shape index (κ2) is 4.59. The van der Waals surface area contributed by atoms with E-state index in [4.69, 9.17) is 0 Å². The highest BCUT2D eigenvalue weighted by atomic mass is 19.2. The summed E-state index contributed by atoms with van der Waals surface area (Å²) in [5.41, 5.74) is -0.903. The van der Waals surface area contributed by atoms with Crippen LogP contribution in [0.3, 0.4) is 0 Å². The van der Waals surface area contributed by atoms with Gasteiger partial charge in [-0.15, -0.1) is 10.2 Å². The highest BCUT2D eigenvalue weighted by Gasteiger charge is 2.19. The number of hydrogen-bond acceptors (Lipinski definition) is 4. The lowest BCUT2D eigenvalue weighted by Crippen LogP contribution is -2.08. The molecular weight excluding hydrogens is 254 g/mol. The number of halogens is 4. The van der Waals surface area contributed by atoms with Gasteiger partial charge in [0, 0.05) is 6.07 Å². The van der Waals surface area contributed by atoms with Gasteiger partial charge in [-0.25, -0.2) is 17.6 Å². The molecule has 5 nitrogen and oxygen atoms in total. The Kier molecular flexibility index (Phi) is 3.13. The lowest BCUT2D eigenvalue weighted by atomic mass is 10.2. The largest absolute Gasteiger partial charge is 0.373 e. The Morgan fingerprint density at radius 3 is 2.28 bits per heavy atom. The molecular formula is C9H7F4N5. The van der Waals surface area contributed by atoms with E-state index >= 15 is 0 Å². The zero-order valence-electron chi connectivity index (χ0n) is 9.09. The summed E-state index contributed by atoms with van der Waals surface area (Å²) in [6.45, 7) is -0.218. The van der Waals surface area contributed by atoms with Crippen LogP contribution < -0.4 is 5.32 Å². The van der Waals surface area contributed by atoms with E-state index in [9.17, 15) is 17.6 Å². The molecule has 0 bridgehead atoms. The van der Waals surface area contributed by atoms with Crippen LogP contribution in [0.15, 0.2) is 6.07 Å². The van der Waals surface area contributed by atoms with Crippen LogP contribution in [0.4, 0.5) is 23.2 Å². The first kappa shape index (κ1) is 12.3. The number of tetrazole rings is 1. The topological polar surface area (TPSA) is 55.6 Å². The molecule has 0 radical (unpaired) electrons. The number of hydrogen-bond donors (Lipinski definition) is 1. The van der Waals surface area contributed by atoms with Crippen LogP contribution in [-0.2, 0) is 13.6 Å². The molecule has 0 spiro atoms. The molecule has 0 aliphatic carbocycles. The van der Waals surface area contributed by atoms with Gasteiger partial charge in [-0.05, 0) is 5.21 Å². The van der Waals surface area contributed by atoms with Gasteiger partial charge in [0.2, 0.25) is 0 Å². The number of anilines is 1. The molecule has 1 heterocycles. The zero-order valence-corrected chi connectivity index (χ0v) is 9.09. The highest BCUT2D eigenvalue weighted by molar-refractivity contribution is 5.47. The predicted octanol–water partition coefficient (Wildman–Crippen LogP) is 1.38. The maximum Gasteiger partial charge on any atom is 0.193 e. The molecule has 9 heteroatoms. The summed E-state index contributed by atoms with van der Waals surface area (Å²) in [5.74, 6) is -5.84. The standard InChI is InChI=1S/C9H7F4N5/c1-18-16-6(15-17-18)3-14-9-7(12)4(10)2-5(11)8(9)13/h2,14H,3H2,1H3. The van der Waals surface area contributed by atoms with Crippen molar-refractivity contribution < 1.29 is 17.6 Å². The molecule has 0 atom stereocenters. The fraction of sp³-hybridized carbons (Fsp3) is 0.222. The maximum absolute atomic E-state index is 13.2. The second-order valence-electron chi connectivity index (χ2n) is 3.39. The monoisotopic (exact) mass is 261 g/mol. The van der Waals surface area contributed by atoms with Gasteiger partial charge < -0.3 is 5.32 Å². The Hall–Kier alpha value is -2.19. The molecule has 1 N–H and O–H groups in total. The Bertz CT molecular complexity index is 556. The van der Waals surface area contributed by atoms with Crippen molar-refractivity contribution in [2.24, 2.45) is 7.05 Å². The normalized spacial score (nSPS) is 10.7. The number of rotatable bonds is 3. The van der Waals surface area contributed by atoms with Crippen molar-refractivity contribution in [1.82, 2.24) is 20.2 Å². The summed E-state index contributed by atoms with van der Waals surface area (Å²) >= 11 is 0. The zero-order chi connectivity index (χ0) is 13.3. The Balaban J connectivity index is 2.24. The van der Waals surface area contributed by atoms with Crippen molar-refractivity contribution in [2.75, 3.05) is 5.32 Å². The number of nitrogens with one attached hydrogen (secondary N) is 1. The molecule has 0 amide bonds. The summed E-state index contributed by atoms with van der Waals surface area (Å²) in [7, 11) is 1.50. The van der Waals surface area contributed by atoms with Gasteiger partial charge >= 0.3 is 0 Å². The molecule has 0 saturated heterocycles. The van der Waals surface area contributed by atoms with Crippen LogP contribution in [0.1, 0.15) is 5.82 Å². The SMILES string of the molecule is Cn1nnc(CNc2c(F)c(F)cc(F)c2F)n1. The lowest BCUT2D eigenvalue weighted by molar-refractivity contribution is 0.458. The van der Waals surface area contributed by atoms with Gasteiger partial charge in [0.1, 0.15) is 5.69 Å². The minimum atomic E-state index is -1.50. The van der Waals surface area contributed by atoms with E-state index < -0.39 is 29.0 Å². The van der Waals surface area contributed by atoms with Gasteiger partial charge in [-0.3, -0.25) is 0 Å². The third-order valence-corrected chi connectivity index (χ3v) is 2.08. The third kappa shape index (κ3) is 2.24. The number of nitrogens with zero attached hydrogens (tertiary/aromatic N) is 4. The van der Waals surface area contributed by atoms with Gasteiger partial charge in [0.15, 0.2) is 29.1 Å². The van der Waals surface area contributed by atoms with Crippen molar-refractivity contribution in [1.29, 1.82) is 0 Å². The fourth-order valence-electron chi connectivity index (χ4n) is 1.29. The molecule has 0 saturated carbocycles. The first-order valence-corrected chi connectivity index (χ1v) is 4.78. The first-order chi connectivity index (χ1) is 8.49. The van der Waals surface area contributed by atoms with E-state index in [1.807, 2.05) is 0 Å². The summed E-state index contributed by atoms with van der Waals surface area (Å²) in [5, 5.41) is 12.9. The van der Waals surface area contributed by atoms with Crippen LogP contribution >= 0.6 is 0 Å². The third-order valence-electron chi connectivity index (χ3n) is 2.08. The summed E-state index contributed by atoms with van der Waals surface area (Å²) in [6.07, 6.45) is 0. The average molecular weight is 261 g/mol. The highest BCUT2D eigenvalue weighted by Crippen LogP contribution is 2.24. The fourth-order valence-corrected chi connectivity index (χ4v) is 1.29. The Morgan fingerprint density at radius 1 is 1.17 bits per heavy atom. The number of benzene rings is 1. The average Bonchev–Trinajstić information content (AvgIpc) is 2.73. The van der Waals surface area contributed by atoms with E-state index in [1.54, 1.807) is 0 Å². The number of aryl methyl sites for hydroxylation is 1. The lowest BCUT2D eigenvalue weighted by Gasteiger charge is -2.07. The van der Waals surface area contributed by atoms with E-state index in [2.05, 4.69) is 20.7 Å². The van der Waals surface area contributed by atoms with E-state index in [0.717, 1.165) is 4.80 Å². The second-order valence-corrected chi connectivity index (χ2v) is 3.39. The van der Waals surface area contributed by atoms with Crippen LogP contribution in [0.2, 0.25) is 0 Å². The molecule has 0 aliphatic rings. The minimum absolute atomic E-state index is 0.126. The molecule has 1 aromatic carbocycles. The first-order valence-electron chi connectivity index (χ1n) is 4.78. The predicted molar refractivity (Wildman–Crippen MR) is 52.4 cm³/mol. The molecule has 2 aromatic rings. The maximum atomic E-state index is 13.2. The summed E-state index contributed by atoms with van der Waals surface area (Å²) in [4.78, 5) is 1.13. The summed E-state index contributed by atoms with van der Waals surface area (Å²) < 4.78 is 52.3. The van der Waals surface area contributed by atoms with Crippen molar-refractivity contribution >= 4 is 5.69 Å². The van der Waals surface area contributed by atoms with Crippen molar-refractivity contribution in [3.63, 3.8) is 0 Å². The quantitative estimate of drug-likeness (QED) is 0.670. The minimum Gasteiger partial charge on any atom is -0.373 e. The van der Waals surface area contributed by atoms with Crippen LogP contribution in [0.5, 0.6) is 0 Å². The molecule has 0 fully saturated rings. The van der Waals surface area contributed by atoms with Gasteiger partial charge in [-0.2, -0.15) is 4.80 Å². The van der Waals surface area contributed by atoms with Gasteiger partial charge in [0.25, 0.3) is 0 Å². The Labute approximate surface area is 98.4 Å². The van der Waals surface area contributed by atoms with E-state index in [-0.39, 0.29) is 18.4 Å². The van der Waals surface area contributed by atoms with Crippen LogP contribution in [0.25, 0.3) is 0 Å². The van der Waals surface area contributed by atoms with Gasteiger partial charge in [0.05, 0.1) is 13.6 Å².